The second-order valence-electron chi connectivity index (χ2n) is 4.58. The molecule has 3 nitrogen and oxygen atoms in total. The number of imidazole rings is 1. The third kappa shape index (κ3) is 1.91. The fraction of sp³-hybridized carbons (Fsp3) is 0.308. The van der Waals surface area contributed by atoms with Gasteiger partial charge in [0.2, 0.25) is 0 Å². The SMILES string of the molecule is NC1CCn2c(-c3ccc(F)cc3)nc(Cl)c2C1. The monoisotopic (exact) mass is 265 g/mol. The van der Waals surface area contributed by atoms with Crippen LogP contribution in [0.15, 0.2) is 24.3 Å². The summed E-state index contributed by atoms with van der Waals surface area (Å²) in [5, 5.41) is 0.504. The van der Waals surface area contributed by atoms with Gasteiger partial charge in [-0.3, -0.25) is 0 Å². The van der Waals surface area contributed by atoms with E-state index in [1.54, 1.807) is 12.1 Å². The van der Waals surface area contributed by atoms with Crippen molar-refractivity contribution in [3.8, 4) is 11.4 Å². The molecule has 3 rings (SSSR count). The molecule has 5 heteroatoms. The first-order valence-corrected chi connectivity index (χ1v) is 6.29. The Labute approximate surface area is 109 Å². The fourth-order valence-electron chi connectivity index (χ4n) is 2.36. The summed E-state index contributed by atoms with van der Waals surface area (Å²) in [6.07, 6.45) is 1.65. The summed E-state index contributed by atoms with van der Waals surface area (Å²) in [5.41, 5.74) is 7.79. The molecule has 0 aliphatic carbocycles. The number of halogens is 2. The van der Waals surface area contributed by atoms with Crippen LogP contribution >= 0.6 is 11.6 Å². The second-order valence-corrected chi connectivity index (χ2v) is 4.94. The van der Waals surface area contributed by atoms with Crippen LogP contribution in [0.5, 0.6) is 0 Å². The molecule has 0 amide bonds. The van der Waals surface area contributed by atoms with E-state index in [2.05, 4.69) is 9.55 Å². The predicted octanol–water partition coefficient (Wildman–Crippen LogP) is 2.62. The summed E-state index contributed by atoms with van der Waals surface area (Å²) in [4.78, 5) is 4.38. The highest BCUT2D eigenvalue weighted by molar-refractivity contribution is 6.30. The van der Waals surface area contributed by atoms with E-state index < -0.39 is 0 Å². The maximum Gasteiger partial charge on any atom is 0.151 e. The molecule has 1 unspecified atom stereocenters. The number of hydrogen-bond donors (Lipinski definition) is 1. The zero-order valence-electron chi connectivity index (χ0n) is 9.74. The molecule has 0 fully saturated rings. The number of hydrogen-bond acceptors (Lipinski definition) is 2. The van der Waals surface area contributed by atoms with Gasteiger partial charge in [-0.15, -0.1) is 0 Å². The first-order valence-electron chi connectivity index (χ1n) is 5.91. The van der Waals surface area contributed by atoms with Gasteiger partial charge >= 0.3 is 0 Å². The highest BCUT2D eigenvalue weighted by atomic mass is 35.5. The van der Waals surface area contributed by atoms with Gasteiger partial charge in [-0.05, 0) is 30.7 Å². The minimum Gasteiger partial charge on any atom is -0.327 e. The van der Waals surface area contributed by atoms with Crippen LogP contribution < -0.4 is 5.73 Å². The van der Waals surface area contributed by atoms with E-state index >= 15 is 0 Å². The van der Waals surface area contributed by atoms with E-state index in [4.69, 9.17) is 17.3 Å². The number of rotatable bonds is 1. The van der Waals surface area contributed by atoms with Crippen molar-refractivity contribution >= 4 is 11.6 Å². The number of nitrogens with two attached hydrogens (primary N) is 1. The lowest BCUT2D eigenvalue weighted by Crippen LogP contribution is -2.30. The largest absolute Gasteiger partial charge is 0.327 e. The molecule has 2 N–H and O–H groups in total. The highest BCUT2D eigenvalue weighted by Crippen LogP contribution is 2.29. The molecule has 2 heterocycles. The molecule has 2 aromatic rings. The van der Waals surface area contributed by atoms with Crippen LogP contribution in [0.25, 0.3) is 11.4 Å². The minimum atomic E-state index is -0.253. The Kier molecular flexibility index (Phi) is 2.84. The third-order valence-electron chi connectivity index (χ3n) is 3.31. The van der Waals surface area contributed by atoms with E-state index in [0.29, 0.717) is 5.15 Å². The van der Waals surface area contributed by atoms with Gasteiger partial charge < -0.3 is 10.3 Å². The van der Waals surface area contributed by atoms with Crippen molar-refractivity contribution in [2.75, 3.05) is 0 Å². The molecule has 18 heavy (non-hydrogen) atoms. The van der Waals surface area contributed by atoms with Crippen LogP contribution in [-0.4, -0.2) is 15.6 Å². The molecule has 0 saturated heterocycles. The summed E-state index contributed by atoms with van der Waals surface area (Å²) < 4.78 is 15.0. The Balaban J connectivity index is 2.08. The first-order chi connectivity index (χ1) is 8.65. The minimum absolute atomic E-state index is 0.146. The van der Waals surface area contributed by atoms with Gasteiger partial charge in [-0.2, -0.15) is 0 Å². The Morgan fingerprint density at radius 2 is 2.06 bits per heavy atom. The van der Waals surface area contributed by atoms with Crippen molar-refractivity contribution in [2.24, 2.45) is 5.73 Å². The highest BCUT2D eigenvalue weighted by Gasteiger charge is 2.23. The van der Waals surface area contributed by atoms with Gasteiger partial charge in [0.1, 0.15) is 11.6 Å². The van der Waals surface area contributed by atoms with Crippen molar-refractivity contribution in [1.82, 2.24) is 9.55 Å². The van der Waals surface area contributed by atoms with Gasteiger partial charge in [-0.25, -0.2) is 9.37 Å². The van der Waals surface area contributed by atoms with Crippen molar-refractivity contribution in [3.63, 3.8) is 0 Å². The standard InChI is InChI=1S/C13H13ClFN3/c14-12-11-7-10(16)5-6-18(11)13(17-12)8-1-3-9(15)4-2-8/h1-4,10H,5-7,16H2. The third-order valence-corrected chi connectivity index (χ3v) is 3.61. The molecule has 1 aliphatic rings. The zero-order chi connectivity index (χ0) is 12.7. The molecule has 0 bridgehead atoms. The molecule has 1 atom stereocenters. The molecule has 1 aliphatic heterocycles. The number of nitrogens with zero attached hydrogens (tertiary/aromatic N) is 2. The van der Waals surface area contributed by atoms with E-state index in [-0.39, 0.29) is 11.9 Å². The molecule has 1 aromatic carbocycles. The molecule has 1 aromatic heterocycles. The summed E-state index contributed by atoms with van der Waals surface area (Å²) in [7, 11) is 0. The van der Waals surface area contributed by atoms with E-state index in [9.17, 15) is 4.39 Å². The van der Waals surface area contributed by atoms with Crippen LogP contribution in [0.4, 0.5) is 4.39 Å². The maximum absolute atomic E-state index is 12.9. The van der Waals surface area contributed by atoms with E-state index in [1.807, 2.05) is 0 Å². The molecule has 94 valence electrons. The maximum atomic E-state index is 12.9. The molecule has 0 saturated carbocycles. The van der Waals surface area contributed by atoms with Crippen LogP contribution in [0.2, 0.25) is 5.15 Å². The van der Waals surface area contributed by atoms with Crippen molar-refractivity contribution in [3.05, 3.63) is 40.9 Å². The number of aromatic nitrogens is 2. The quantitative estimate of drug-likeness (QED) is 0.861. The van der Waals surface area contributed by atoms with Gasteiger partial charge in [-0.1, -0.05) is 11.6 Å². The Hall–Kier alpha value is -1.39. The van der Waals surface area contributed by atoms with Gasteiger partial charge in [0.05, 0.1) is 5.69 Å². The van der Waals surface area contributed by atoms with Crippen LogP contribution in [-0.2, 0) is 13.0 Å². The summed E-state index contributed by atoms with van der Waals surface area (Å²) in [6, 6.07) is 6.44. The predicted molar refractivity (Wildman–Crippen MR) is 68.9 cm³/mol. The van der Waals surface area contributed by atoms with Crippen LogP contribution in [0.3, 0.4) is 0 Å². The topological polar surface area (TPSA) is 43.8 Å². The van der Waals surface area contributed by atoms with Crippen molar-refractivity contribution < 1.29 is 4.39 Å². The Morgan fingerprint density at radius 1 is 1.33 bits per heavy atom. The smallest absolute Gasteiger partial charge is 0.151 e. The zero-order valence-corrected chi connectivity index (χ0v) is 10.5. The van der Waals surface area contributed by atoms with Crippen LogP contribution in [0, 0.1) is 5.82 Å². The van der Waals surface area contributed by atoms with Gasteiger partial charge in [0.15, 0.2) is 5.15 Å². The second kappa shape index (κ2) is 4.37. The molecular weight excluding hydrogens is 253 g/mol. The lowest BCUT2D eigenvalue weighted by Gasteiger charge is -2.22. The Morgan fingerprint density at radius 3 is 2.78 bits per heavy atom. The number of fused-ring (bicyclic) bond motifs is 1. The van der Waals surface area contributed by atoms with E-state index in [0.717, 1.165) is 36.5 Å². The molecule has 0 spiro atoms. The Bertz CT molecular complexity index is 577. The molecular formula is C13H13ClFN3. The average molecular weight is 266 g/mol. The normalized spacial score (nSPS) is 18.7. The lowest BCUT2D eigenvalue weighted by molar-refractivity contribution is 0.475. The van der Waals surface area contributed by atoms with Crippen molar-refractivity contribution in [2.45, 2.75) is 25.4 Å². The van der Waals surface area contributed by atoms with Gasteiger partial charge in [0, 0.05) is 24.6 Å². The summed E-state index contributed by atoms with van der Waals surface area (Å²) in [6.45, 7) is 0.808. The molecule has 0 radical (unpaired) electrons. The summed E-state index contributed by atoms with van der Waals surface area (Å²) in [5.74, 6) is 0.541. The fourth-order valence-corrected chi connectivity index (χ4v) is 2.62. The lowest BCUT2D eigenvalue weighted by atomic mass is 10.1. The van der Waals surface area contributed by atoms with Gasteiger partial charge in [0.25, 0.3) is 0 Å². The average Bonchev–Trinajstić information content (AvgIpc) is 2.68. The number of benzene rings is 1. The summed E-state index contributed by atoms with van der Waals surface area (Å²) >= 11 is 6.15. The van der Waals surface area contributed by atoms with E-state index in [1.165, 1.54) is 12.1 Å². The first kappa shape index (κ1) is 11.7. The van der Waals surface area contributed by atoms with Crippen molar-refractivity contribution in [1.29, 1.82) is 0 Å². The van der Waals surface area contributed by atoms with Crippen LogP contribution in [0.1, 0.15) is 12.1 Å².